The molecule has 1 N–H and O–H groups in total. The Labute approximate surface area is 175 Å². The number of anilines is 1. The van der Waals surface area contributed by atoms with Gasteiger partial charge in [-0.05, 0) is 24.5 Å². The zero-order chi connectivity index (χ0) is 20.5. The van der Waals surface area contributed by atoms with E-state index in [-0.39, 0.29) is 17.5 Å². The molecule has 6 nitrogen and oxygen atoms in total. The summed E-state index contributed by atoms with van der Waals surface area (Å²) in [6, 6.07) is 9.06. The van der Waals surface area contributed by atoms with E-state index in [4.69, 9.17) is 23.2 Å². The van der Waals surface area contributed by atoms with Gasteiger partial charge in [0, 0.05) is 23.2 Å². The number of hydrogen-bond donors (Lipinski definition) is 1. The minimum absolute atomic E-state index is 0.0423. The highest BCUT2D eigenvalue weighted by Gasteiger charge is 2.34. The van der Waals surface area contributed by atoms with E-state index in [9.17, 15) is 13.6 Å². The van der Waals surface area contributed by atoms with Gasteiger partial charge in [-0.2, -0.15) is 10.2 Å². The second-order valence-corrected chi connectivity index (χ2v) is 7.64. The van der Waals surface area contributed by atoms with Gasteiger partial charge in [-0.3, -0.25) is 14.2 Å². The number of nitrogens with one attached hydrogen (secondary N) is 1. The van der Waals surface area contributed by atoms with E-state index in [0.717, 1.165) is 18.4 Å². The Morgan fingerprint density at radius 1 is 1.21 bits per heavy atom. The number of nitrogens with zero attached hydrogens (tertiary/aromatic N) is 4. The zero-order valence-corrected chi connectivity index (χ0v) is 16.7. The van der Waals surface area contributed by atoms with Gasteiger partial charge in [-0.15, -0.1) is 0 Å². The normalized spacial score (nSPS) is 13.8. The van der Waals surface area contributed by atoms with Crippen LogP contribution in [-0.4, -0.2) is 25.5 Å². The predicted molar refractivity (Wildman–Crippen MR) is 106 cm³/mol. The molecule has 1 fully saturated rings. The maximum atomic E-state index is 13.1. The third kappa shape index (κ3) is 4.43. The summed E-state index contributed by atoms with van der Waals surface area (Å²) >= 11 is 12.2. The third-order valence-corrected chi connectivity index (χ3v) is 5.37. The van der Waals surface area contributed by atoms with Crippen molar-refractivity contribution in [3.05, 3.63) is 63.5 Å². The third-order valence-electron chi connectivity index (χ3n) is 4.62. The van der Waals surface area contributed by atoms with Crippen molar-refractivity contribution >= 4 is 34.9 Å². The van der Waals surface area contributed by atoms with Crippen LogP contribution in [0.4, 0.5) is 14.6 Å². The van der Waals surface area contributed by atoms with Crippen LogP contribution in [0.5, 0.6) is 0 Å². The smallest absolute Gasteiger partial charge is 0.283 e. The Morgan fingerprint density at radius 3 is 2.66 bits per heavy atom. The van der Waals surface area contributed by atoms with Crippen molar-refractivity contribution in [3.8, 4) is 0 Å². The van der Waals surface area contributed by atoms with Crippen molar-refractivity contribution in [1.82, 2.24) is 19.6 Å². The van der Waals surface area contributed by atoms with E-state index in [2.05, 4.69) is 15.5 Å². The fourth-order valence-corrected chi connectivity index (χ4v) is 3.68. The fraction of sp³-hybridized carbons (Fsp3) is 0.316. The molecule has 29 heavy (non-hydrogen) atoms. The lowest BCUT2D eigenvalue weighted by Crippen LogP contribution is -2.21. The summed E-state index contributed by atoms with van der Waals surface area (Å²) in [6.07, 6.45) is 0.628. The molecule has 0 bridgehead atoms. The van der Waals surface area contributed by atoms with Crippen molar-refractivity contribution in [3.63, 3.8) is 0 Å². The summed E-state index contributed by atoms with van der Waals surface area (Å²) in [5.74, 6) is 0.00219. The molecule has 0 saturated heterocycles. The summed E-state index contributed by atoms with van der Waals surface area (Å²) < 4.78 is 29.2. The molecule has 1 amide bonds. The SMILES string of the molecule is O=C(Cn1nc(C(F)F)c(Cl)c1C1CC1)Nc1ccn(Cc2ccccc2Cl)n1. The number of hydrogen-bond acceptors (Lipinski definition) is 3. The Balaban J connectivity index is 1.44. The van der Waals surface area contributed by atoms with Crippen LogP contribution < -0.4 is 5.32 Å². The van der Waals surface area contributed by atoms with Gasteiger partial charge < -0.3 is 5.32 Å². The minimum Gasteiger partial charge on any atom is -0.308 e. The van der Waals surface area contributed by atoms with Gasteiger partial charge in [0.25, 0.3) is 6.43 Å². The number of aromatic nitrogens is 4. The number of halogens is 4. The van der Waals surface area contributed by atoms with Crippen LogP contribution in [0.2, 0.25) is 10.0 Å². The topological polar surface area (TPSA) is 64.7 Å². The van der Waals surface area contributed by atoms with Crippen LogP contribution in [0.1, 0.15) is 42.1 Å². The molecule has 0 spiro atoms. The lowest BCUT2D eigenvalue weighted by Gasteiger charge is -2.07. The molecule has 1 aromatic carbocycles. The van der Waals surface area contributed by atoms with E-state index in [0.29, 0.717) is 23.1 Å². The van der Waals surface area contributed by atoms with Crippen molar-refractivity contribution < 1.29 is 13.6 Å². The molecule has 0 atom stereocenters. The number of alkyl halides is 2. The van der Waals surface area contributed by atoms with Gasteiger partial charge in [-0.1, -0.05) is 41.4 Å². The molecule has 3 aromatic rings. The molecule has 2 aromatic heterocycles. The largest absolute Gasteiger partial charge is 0.308 e. The highest BCUT2D eigenvalue weighted by molar-refractivity contribution is 6.32. The summed E-state index contributed by atoms with van der Waals surface area (Å²) in [4.78, 5) is 12.4. The maximum absolute atomic E-state index is 13.1. The van der Waals surface area contributed by atoms with Crippen molar-refractivity contribution in [2.45, 2.75) is 38.3 Å². The summed E-state index contributed by atoms with van der Waals surface area (Å²) in [5, 5.41) is 11.4. The van der Waals surface area contributed by atoms with Gasteiger partial charge >= 0.3 is 0 Å². The van der Waals surface area contributed by atoms with Gasteiger partial charge in [-0.25, -0.2) is 8.78 Å². The molecule has 152 valence electrons. The Hall–Kier alpha value is -2.45. The van der Waals surface area contributed by atoms with E-state index >= 15 is 0 Å². The molecule has 1 aliphatic rings. The summed E-state index contributed by atoms with van der Waals surface area (Å²) in [7, 11) is 0. The molecule has 4 rings (SSSR count). The van der Waals surface area contributed by atoms with Crippen LogP contribution in [0.15, 0.2) is 36.5 Å². The molecule has 2 heterocycles. The first kappa shape index (κ1) is 19.8. The molecule has 10 heteroatoms. The number of amides is 1. The van der Waals surface area contributed by atoms with Gasteiger partial charge in [0.1, 0.15) is 12.2 Å². The lowest BCUT2D eigenvalue weighted by molar-refractivity contribution is -0.117. The van der Waals surface area contributed by atoms with Crippen LogP contribution in [-0.2, 0) is 17.9 Å². The average molecular weight is 440 g/mol. The zero-order valence-electron chi connectivity index (χ0n) is 15.2. The van der Waals surface area contributed by atoms with Crippen LogP contribution in [0.25, 0.3) is 0 Å². The molecular weight excluding hydrogens is 423 g/mol. The molecular formula is C19H17Cl2F2N5O. The first-order chi connectivity index (χ1) is 13.9. The molecule has 0 radical (unpaired) electrons. The number of rotatable bonds is 7. The molecule has 0 unspecified atom stereocenters. The molecule has 1 aliphatic carbocycles. The maximum Gasteiger partial charge on any atom is 0.283 e. The minimum atomic E-state index is -2.79. The second kappa shape index (κ2) is 8.12. The highest BCUT2D eigenvalue weighted by Crippen LogP contribution is 2.45. The van der Waals surface area contributed by atoms with Crippen LogP contribution in [0.3, 0.4) is 0 Å². The van der Waals surface area contributed by atoms with Crippen LogP contribution >= 0.6 is 23.2 Å². The Bertz CT molecular complexity index is 1050. The van der Waals surface area contributed by atoms with E-state index in [1.807, 2.05) is 18.2 Å². The molecule has 1 saturated carbocycles. The van der Waals surface area contributed by atoms with Crippen molar-refractivity contribution in [2.75, 3.05) is 5.32 Å². The van der Waals surface area contributed by atoms with Crippen molar-refractivity contribution in [2.24, 2.45) is 0 Å². The summed E-state index contributed by atoms with van der Waals surface area (Å²) in [6.45, 7) is 0.240. The van der Waals surface area contributed by atoms with Gasteiger partial charge in [0.15, 0.2) is 5.82 Å². The first-order valence-electron chi connectivity index (χ1n) is 9.03. The first-order valence-corrected chi connectivity index (χ1v) is 9.79. The van der Waals surface area contributed by atoms with Crippen LogP contribution in [0, 0.1) is 0 Å². The standard InChI is InChI=1S/C19H17Cl2F2N5O/c20-13-4-2-1-3-12(13)9-27-8-7-14(25-27)24-15(29)10-28-18(11-5-6-11)16(21)17(26-28)19(22)23/h1-4,7-8,11,19H,5-6,9-10H2,(H,24,25,29). The summed E-state index contributed by atoms with van der Waals surface area (Å²) in [5.41, 5.74) is 0.918. The highest BCUT2D eigenvalue weighted by atomic mass is 35.5. The fourth-order valence-electron chi connectivity index (χ4n) is 3.11. The number of carbonyl (C=O) groups excluding carboxylic acids is 1. The number of benzene rings is 1. The Kier molecular flexibility index (Phi) is 5.56. The Morgan fingerprint density at radius 2 is 1.97 bits per heavy atom. The second-order valence-electron chi connectivity index (χ2n) is 6.86. The monoisotopic (exact) mass is 439 g/mol. The quantitative estimate of drug-likeness (QED) is 0.569. The lowest BCUT2D eigenvalue weighted by atomic mass is 10.2. The van der Waals surface area contributed by atoms with Crippen molar-refractivity contribution in [1.29, 1.82) is 0 Å². The predicted octanol–water partition coefficient (Wildman–Crippen LogP) is 4.89. The molecule has 0 aliphatic heterocycles. The average Bonchev–Trinajstić information content (AvgIpc) is 3.32. The van der Waals surface area contributed by atoms with Gasteiger partial charge in [0.05, 0.1) is 17.3 Å². The number of carbonyl (C=O) groups is 1. The van der Waals surface area contributed by atoms with E-state index in [1.165, 1.54) is 4.68 Å². The van der Waals surface area contributed by atoms with Gasteiger partial charge in [0.2, 0.25) is 5.91 Å². The van der Waals surface area contributed by atoms with E-state index in [1.54, 1.807) is 23.0 Å². The van der Waals surface area contributed by atoms with E-state index < -0.39 is 18.0 Å².